The van der Waals surface area contributed by atoms with Crippen LogP contribution in [0.5, 0.6) is 0 Å². The van der Waals surface area contributed by atoms with E-state index in [-0.39, 0.29) is 6.10 Å². The molecule has 0 bridgehead atoms. The molecular weight excluding hydrogens is 537 g/mol. The van der Waals surface area contributed by atoms with Gasteiger partial charge < -0.3 is 40.1 Å². The van der Waals surface area contributed by atoms with Crippen molar-refractivity contribution in [3.8, 4) is 0 Å². The average Bonchev–Trinajstić information content (AvgIpc) is 3.43. The zero-order chi connectivity index (χ0) is 26.8. The Bertz CT molecular complexity index is 599. The molecule has 0 spiro atoms. The lowest BCUT2D eigenvalue weighted by Gasteiger charge is -2.43. The fraction of sp³-hybridized carbons (Fsp3) is 1.00. The van der Waals surface area contributed by atoms with Crippen molar-refractivity contribution in [1.29, 1.82) is 0 Å². The van der Waals surface area contributed by atoms with Crippen molar-refractivity contribution in [2.45, 2.75) is 78.0 Å². The van der Waals surface area contributed by atoms with E-state index in [1.807, 2.05) is 0 Å². The first kappa shape index (κ1) is 33.8. The van der Waals surface area contributed by atoms with Crippen LogP contribution in [0.3, 0.4) is 0 Å². The van der Waals surface area contributed by atoms with Crippen LogP contribution in [0.1, 0.15) is 6.42 Å². The first-order valence-electron chi connectivity index (χ1n) is 12.6. The molecule has 0 saturated carbocycles. The number of epoxide rings is 1. The molecule has 1 saturated heterocycles. The summed E-state index contributed by atoms with van der Waals surface area (Å²) in [6.45, 7) is 25.1. The molecule has 1 aliphatic rings. The van der Waals surface area contributed by atoms with Gasteiger partial charge in [0, 0.05) is 20.3 Å². The summed E-state index contributed by atoms with van der Waals surface area (Å²) in [7, 11) is -10.1. The Morgan fingerprint density at radius 2 is 1.17 bits per heavy atom. The van der Waals surface area contributed by atoms with E-state index in [0.29, 0.717) is 45.5 Å². The van der Waals surface area contributed by atoms with E-state index >= 15 is 0 Å². The van der Waals surface area contributed by atoms with Crippen molar-refractivity contribution in [3.63, 3.8) is 0 Å². The predicted molar refractivity (Wildman–Crippen MR) is 150 cm³/mol. The van der Waals surface area contributed by atoms with Crippen LogP contribution in [0, 0.1) is 0 Å². The van der Waals surface area contributed by atoms with Crippen LogP contribution in [-0.4, -0.2) is 108 Å². The average molecular weight is 589 g/mol. The molecule has 1 fully saturated rings. The SMILES string of the molecule is COCCCOCCOC[Si](C)(O[Si](C)(C)C)O[Si](C)(COCC1CO1)O[Si](C)(C)O[Si](C)(C)C. The van der Waals surface area contributed by atoms with Crippen LogP contribution in [0.15, 0.2) is 0 Å². The third kappa shape index (κ3) is 17.8. The Morgan fingerprint density at radius 3 is 1.71 bits per heavy atom. The third-order valence-corrected chi connectivity index (χ3v) is 21.6. The minimum absolute atomic E-state index is 0.186. The number of hydrogen-bond acceptors (Lipinski definition) is 9. The highest BCUT2D eigenvalue weighted by Gasteiger charge is 2.50. The van der Waals surface area contributed by atoms with Crippen molar-refractivity contribution >= 4 is 42.3 Å². The summed E-state index contributed by atoms with van der Waals surface area (Å²) in [6.07, 6.45) is 1.87. The molecule has 0 radical (unpaired) electrons. The van der Waals surface area contributed by atoms with E-state index in [1.54, 1.807) is 7.11 Å². The van der Waals surface area contributed by atoms with Gasteiger partial charge in [0.05, 0.1) is 38.9 Å². The lowest BCUT2D eigenvalue weighted by molar-refractivity contribution is 0.0459. The second kappa shape index (κ2) is 14.8. The summed E-state index contributed by atoms with van der Waals surface area (Å²) < 4.78 is 54.9. The van der Waals surface area contributed by atoms with Crippen molar-refractivity contribution < 1.29 is 40.1 Å². The Balaban J connectivity index is 2.87. The Hall–Kier alpha value is 0.724. The molecule has 0 aliphatic carbocycles. The molecule has 0 aromatic heterocycles. The summed E-state index contributed by atoms with van der Waals surface area (Å²) in [6, 6.07) is 0. The summed E-state index contributed by atoms with van der Waals surface area (Å²) in [5, 5.41) is 0. The van der Waals surface area contributed by atoms with Gasteiger partial charge in [0.2, 0.25) is 0 Å². The topological polar surface area (TPSA) is 86.4 Å². The Morgan fingerprint density at radius 1 is 0.629 bits per heavy atom. The van der Waals surface area contributed by atoms with E-state index in [0.717, 1.165) is 13.0 Å². The van der Waals surface area contributed by atoms with Crippen LogP contribution >= 0.6 is 0 Å². The molecule has 3 atom stereocenters. The zero-order valence-corrected chi connectivity index (χ0v) is 29.1. The third-order valence-electron chi connectivity index (χ3n) is 4.41. The van der Waals surface area contributed by atoms with Crippen LogP contribution in [-0.2, 0) is 40.1 Å². The molecule has 1 rings (SSSR count). The van der Waals surface area contributed by atoms with Crippen LogP contribution in [0.4, 0.5) is 0 Å². The normalized spacial score (nSPS) is 20.5. The first-order valence-corrected chi connectivity index (χ1v) is 27.3. The van der Waals surface area contributed by atoms with Gasteiger partial charge in [0.1, 0.15) is 6.10 Å². The van der Waals surface area contributed by atoms with E-state index in [1.165, 1.54) is 0 Å². The van der Waals surface area contributed by atoms with E-state index in [9.17, 15) is 0 Å². The molecule has 3 unspecified atom stereocenters. The lowest BCUT2D eigenvalue weighted by atomic mass is 10.5. The van der Waals surface area contributed by atoms with Gasteiger partial charge in [0.25, 0.3) is 0 Å². The molecule has 1 aliphatic heterocycles. The van der Waals surface area contributed by atoms with Gasteiger partial charge in [-0.1, -0.05) is 0 Å². The summed E-state index contributed by atoms with van der Waals surface area (Å²) in [5.74, 6) is 0. The highest BCUT2D eigenvalue weighted by atomic mass is 28.5. The summed E-state index contributed by atoms with van der Waals surface area (Å²) in [4.78, 5) is 0. The van der Waals surface area contributed by atoms with E-state index in [4.69, 9.17) is 40.1 Å². The number of methoxy groups -OCH3 is 1. The first-order chi connectivity index (χ1) is 16.0. The van der Waals surface area contributed by atoms with Crippen molar-refractivity contribution in [1.82, 2.24) is 0 Å². The summed E-state index contributed by atoms with van der Waals surface area (Å²) >= 11 is 0. The highest BCUT2D eigenvalue weighted by molar-refractivity contribution is 6.90. The van der Waals surface area contributed by atoms with Gasteiger partial charge in [-0.3, -0.25) is 0 Å². The summed E-state index contributed by atoms with van der Waals surface area (Å²) in [5.41, 5.74) is 0. The van der Waals surface area contributed by atoms with Gasteiger partial charge in [-0.25, -0.2) is 0 Å². The molecule has 210 valence electrons. The Labute approximate surface area is 219 Å². The van der Waals surface area contributed by atoms with Crippen LogP contribution in [0.2, 0.25) is 65.5 Å². The standard InChI is InChI=1S/C21H52O9Si5/c1-22-13-12-14-23-15-16-24-19-34(10,28-32(5,6)7)30-35(11,20-25-17-21-18-26-21)29-33(8,9)27-31(2,3)4/h21H,12-20H2,1-11H3. The van der Waals surface area contributed by atoms with Gasteiger partial charge >= 0.3 is 25.7 Å². The van der Waals surface area contributed by atoms with E-state index in [2.05, 4.69) is 65.5 Å². The smallest absolute Gasteiger partial charge is 0.344 e. The van der Waals surface area contributed by atoms with Crippen LogP contribution < -0.4 is 0 Å². The fourth-order valence-corrected chi connectivity index (χ4v) is 26.3. The quantitative estimate of drug-likeness (QED) is 0.112. The largest absolute Gasteiger partial charge is 0.437 e. The molecule has 0 N–H and O–H groups in total. The lowest BCUT2D eigenvalue weighted by Crippen LogP contribution is -2.63. The second-order valence-electron chi connectivity index (χ2n) is 11.8. The number of rotatable bonds is 21. The van der Waals surface area contributed by atoms with Gasteiger partial charge in [-0.05, 0) is 71.9 Å². The molecule has 35 heavy (non-hydrogen) atoms. The molecule has 0 aromatic rings. The fourth-order valence-electron chi connectivity index (χ4n) is 3.86. The molecule has 0 amide bonds. The predicted octanol–water partition coefficient (Wildman–Crippen LogP) is 4.13. The monoisotopic (exact) mass is 588 g/mol. The molecule has 9 nitrogen and oxygen atoms in total. The van der Waals surface area contributed by atoms with Crippen LogP contribution in [0.25, 0.3) is 0 Å². The van der Waals surface area contributed by atoms with Crippen molar-refractivity contribution in [3.05, 3.63) is 0 Å². The van der Waals surface area contributed by atoms with Gasteiger partial charge in [-0.2, -0.15) is 0 Å². The molecule has 0 aromatic carbocycles. The second-order valence-corrected chi connectivity index (χ2v) is 31.4. The maximum absolute atomic E-state index is 6.90. The van der Waals surface area contributed by atoms with Crippen molar-refractivity contribution in [2.24, 2.45) is 0 Å². The number of ether oxygens (including phenoxy) is 5. The highest BCUT2D eigenvalue weighted by Crippen LogP contribution is 2.27. The van der Waals surface area contributed by atoms with Gasteiger partial charge in [0.15, 0.2) is 16.6 Å². The molecule has 1 heterocycles. The minimum Gasteiger partial charge on any atom is -0.437 e. The molecular formula is C21H52O9Si5. The van der Waals surface area contributed by atoms with Crippen molar-refractivity contribution in [2.75, 3.05) is 59.2 Å². The number of hydrogen-bond donors (Lipinski definition) is 0. The zero-order valence-electron chi connectivity index (χ0n) is 24.1. The maximum Gasteiger partial charge on any atom is 0.344 e. The maximum atomic E-state index is 6.90. The minimum atomic E-state index is -2.83. The molecule has 14 heteroatoms. The van der Waals surface area contributed by atoms with Gasteiger partial charge in [-0.15, -0.1) is 0 Å². The Kier molecular flexibility index (Phi) is 14.2. The van der Waals surface area contributed by atoms with E-state index < -0.39 is 42.3 Å².